The molecule has 1 fully saturated rings. The van der Waals surface area contributed by atoms with Crippen molar-refractivity contribution in [3.8, 4) is 5.75 Å². The summed E-state index contributed by atoms with van der Waals surface area (Å²) in [4.78, 5) is 35.0. The minimum absolute atomic E-state index is 0.226. The molecule has 136 valence electrons. The maximum Gasteiger partial charge on any atom is 0.326 e. The molecule has 0 spiro atoms. The first-order valence-electron chi connectivity index (χ1n) is 8.10. The summed E-state index contributed by atoms with van der Waals surface area (Å²) in [5.74, 6) is -1.86. The highest BCUT2D eigenvalue weighted by Gasteiger charge is 2.31. The van der Waals surface area contributed by atoms with Crippen molar-refractivity contribution in [2.24, 2.45) is 5.92 Å². The van der Waals surface area contributed by atoms with Crippen LogP contribution in [0.4, 0.5) is 0 Å². The van der Waals surface area contributed by atoms with Crippen LogP contribution in [0.3, 0.4) is 0 Å². The molecule has 0 saturated carbocycles. The molecule has 0 aliphatic carbocycles. The molecule has 1 aromatic rings. The van der Waals surface area contributed by atoms with Gasteiger partial charge in [0.25, 0.3) is 5.91 Å². The van der Waals surface area contributed by atoms with Gasteiger partial charge in [0.15, 0.2) is 6.61 Å². The molecule has 25 heavy (non-hydrogen) atoms. The van der Waals surface area contributed by atoms with E-state index >= 15 is 0 Å². The van der Waals surface area contributed by atoms with Crippen molar-refractivity contribution in [1.82, 2.24) is 10.6 Å². The number of rotatable bonds is 8. The lowest BCUT2D eigenvalue weighted by Crippen LogP contribution is -2.51. The molecule has 2 amide bonds. The van der Waals surface area contributed by atoms with Crippen molar-refractivity contribution in [2.45, 2.75) is 18.9 Å². The molecule has 8 heteroatoms. The number of amides is 2. The maximum absolute atomic E-state index is 11.9. The maximum atomic E-state index is 11.9. The van der Waals surface area contributed by atoms with E-state index in [1.165, 1.54) is 0 Å². The lowest BCUT2D eigenvalue weighted by atomic mass is 9.93. The lowest BCUT2D eigenvalue weighted by Gasteiger charge is -2.28. The molecule has 8 nitrogen and oxygen atoms in total. The van der Waals surface area contributed by atoms with E-state index in [0.29, 0.717) is 25.4 Å². The number of aliphatic carboxylic acids is 1. The number of carbonyl (C=O) groups is 3. The Morgan fingerprint density at radius 1 is 1.24 bits per heavy atom. The Balaban J connectivity index is 1.72. The van der Waals surface area contributed by atoms with E-state index in [9.17, 15) is 19.5 Å². The van der Waals surface area contributed by atoms with Crippen molar-refractivity contribution in [3.05, 3.63) is 30.3 Å². The molecular formula is C17H22N2O6. The Labute approximate surface area is 145 Å². The average molecular weight is 350 g/mol. The smallest absolute Gasteiger partial charge is 0.326 e. The highest BCUT2D eigenvalue weighted by molar-refractivity contribution is 5.88. The quantitative estimate of drug-likeness (QED) is 0.616. The number of benzene rings is 1. The van der Waals surface area contributed by atoms with Gasteiger partial charge < -0.3 is 25.2 Å². The first kappa shape index (κ1) is 18.7. The van der Waals surface area contributed by atoms with Crippen LogP contribution < -0.4 is 15.4 Å². The fourth-order valence-corrected chi connectivity index (χ4v) is 2.53. The summed E-state index contributed by atoms with van der Waals surface area (Å²) in [5.41, 5.74) is 0. The fraction of sp³-hybridized carbons (Fsp3) is 0.471. The van der Waals surface area contributed by atoms with Gasteiger partial charge in [-0.1, -0.05) is 18.2 Å². The molecule has 0 bridgehead atoms. The topological polar surface area (TPSA) is 114 Å². The summed E-state index contributed by atoms with van der Waals surface area (Å²) < 4.78 is 10.5. The average Bonchev–Trinajstić information content (AvgIpc) is 2.64. The third kappa shape index (κ3) is 6.42. The van der Waals surface area contributed by atoms with Gasteiger partial charge in [0.2, 0.25) is 5.91 Å². The van der Waals surface area contributed by atoms with Crippen molar-refractivity contribution < 1.29 is 29.0 Å². The van der Waals surface area contributed by atoms with Gasteiger partial charge in [0, 0.05) is 12.5 Å². The van der Waals surface area contributed by atoms with Crippen LogP contribution in [-0.2, 0) is 19.1 Å². The Bertz CT molecular complexity index is 586. The summed E-state index contributed by atoms with van der Waals surface area (Å²) in [6, 6.07) is 7.79. The number of para-hydroxylation sites is 1. The van der Waals surface area contributed by atoms with Gasteiger partial charge in [0.05, 0.1) is 13.2 Å². The van der Waals surface area contributed by atoms with Crippen LogP contribution in [-0.4, -0.2) is 55.3 Å². The Morgan fingerprint density at radius 2 is 2.00 bits per heavy atom. The Hall–Kier alpha value is -2.61. The van der Waals surface area contributed by atoms with Crippen molar-refractivity contribution in [3.63, 3.8) is 0 Å². The SMILES string of the molecule is O=C(COc1ccccc1)NCC(=O)NC(C(=O)O)C1CCCOC1. The second-order valence-electron chi connectivity index (χ2n) is 5.74. The Kier molecular flexibility index (Phi) is 7.21. The highest BCUT2D eigenvalue weighted by Crippen LogP contribution is 2.17. The summed E-state index contributed by atoms with van der Waals surface area (Å²) in [5, 5.41) is 14.1. The number of hydrogen-bond donors (Lipinski definition) is 3. The molecule has 1 saturated heterocycles. The number of nitrogens with one attached hydrogen (secondary N) is 2. The molecule has 1 aliphatic heterocycles. The molecule has 1 aliphatic rings. The zero-order valence-corrected chi connectivity index (χ0v) is 13.8. The molecular weight excluding hydrogens is 328 g/mol. The van der Waals surface area contributed by atoms with Crippen LogP contribution in [0.25, 0.3) is 0 Å². The predicted molar refractivity (Wildman–Crippen MR) is 88.1 cm³/mol. The monoisotopic (exact) mass is 350 g/mol. The van der Waals surface area contributed by atoms with E-state index in [0.717, 1.165) is 6.42 Å². The van der Waals surface area contributed by atoms with Crippen LogP contribution >= 0.6 is 0 Å². The van der Waals surface area contributed by atoms with Gasteiger partial charge in [-0.15, -0.1) is 0 Å². The molecule has 2 unspecified atom stereocenters. The number of carboxylic acids is 1. The first-order chi connectivity index (χ1) is 12.1. The number of carboxylic acid groups (broad SMARTS) is 1. The van der Waals surface area contributed by atoms with E-state index in [-0.39, 0.29) is 19.1 Å². The Morgan fingerprint density at radius 3 is 2.64 bits per heavy atom. The molecule has 2 atom stereocenters. The lowest BCUT2D eigenvalue weighted by molar-refractivity contribution is -0.145. The van der Waals surface area contributed by atoms with E-state index in [2.05, 4.69) is 10.6 Å². The second kappa shape index (κ2) is 9.63. The van der Waals surface area contributed by atoms with E-state index in [4.69, 9.17) is 9.47 Å². The van der Waals surface area contributed by atoms with Gasteiger partial charge >= 0.3 is 5.97 Å². The van der Waals surface area contributed by atoms with Crippen LogP contribution in [0.1, 0.15) is 12.8 Å². The normalized spacial score (nSPS) is 18.0. The van der Waals surface area contributed by atoms with Crippen LogP contribution in [0.5, 0.6) is 5.75 Å². The summed E-state index contributed by atoms with van der Waals surface area (Å²) in [6.45, 7) is 0.368. The van der Waals surface area contributed by atoms with Gasteiger partial charge in [-0.05, 0) is 25.0 Å². The summed E-state index contributed by atoms with van der Waals surface area (Å²) in [7, 11) is 0. The van der Waals surface area contributed by atoms with Gasteiger partial charge in [-0.3, -0.25) is 9.59 Å². The van der Waals surface area contributed by atoms with Crippen molar-refractivity contribution in [1.29, 1.82) is 0 Å². The third-order valence-corrected chi connectivity index (χ3v) is 3.81. The predicted octanol–water partition coefficient (Wildman–Crippen LogP) is 0.178. The van der Waals surface area contributed by atoms with E-state index < -0.39 is 23.8 Å². The molecule has 2 rings (SSSR count). The number of ether oxygens (including phenoxy) is 2. The number of hydrogen-bond acceptors (Lipinski definition) is 5. The van der Waals surface area contributed by atoms with Crippen LogP contribution in [0, 0.1) is 5.92 Å². The van der Waals surface area contributed by atoms with Crippen LogP contribution in [0.2, 0.25) is 0 Å². The largest absolute Gasteiger partial charge is 0.484 e. The highest BCUT2D eigenvalue weighted by atomic mass is 16.5. The zero-order chi connectivity index (χ0) is 18.1. The minimum atomic E-state index is -1.11. The molecule has 0 radical (unpaired) electrons. The van der Waals surface area contributed by atoms with Crippen molar-refractivity contribution in [2.75, 3.05) is 26.4 Å². The zero-order valence-electron chi connectivity index (χ0n) is 13.8. The summed E-state index contributed by atoms with van der Waals surface area (Å²) >= 11 is 0. The van der Waals surface area contributed by atoms with Gasteiger partial charge in [0.1, 0.15) is 11.8 Å². The molecule has 1 aromatic carbocycles. The minimum Gasteiger partial charge on any atom is -0.484 e. The fourth-order valence-electron chi connectivity index (χ4n) is 2.53. The van der Waals surface area contributed by atoms with Crippen molar-refractivity contribution >= 4 is 17.8 Å². The molecule has 1 heterocycles. The summed E-state index contributed by atoms with van der Waals surface area (Å²) in [6.07, 6.45) is 1.44. The molecule has 0 aromatic heterocycles. The second-order valence-corrected chi connectivity index (χ2v) is 5.74. The number of carbonyl (C=O) groups excluding carboxylic acids is 2. The van der Waals surface area contributed by atoms with E-state index in [1.54, 1.807) is 24.3 Å². The van der Waals surface area contributed by atoms with Gasteiger partial charge in [-0.2, -0.15) is 0 Å². The van der Waals surface area contributed by atoms with Gasteiger partial charge in [-0.25, -0.2) is 4.79 Å². The molecule has 3 N–H and O–H groups in total. The standard InChI is InChI=1S/C17H22N2O6/c20-14(19-16(17(22)23)12-5-4-8-24-10-12)9-18-15(21)11-25-13-6-2-1-3-7-13/h1-3,6-7,12,16H,4-5,8-11H2,(H,18,21)(H,19,20)(H,22,23). The van der Waals surface area contributed by atoms with E-state index in [1.807, 2.05) is 6.07 Å². The third-order valence-electron chi connectivity index (χ3n) is 3.81. The van der Waals surface area contributed by atoms with Crippen LogP contribution in [0.15, 0.2) is 30.3 Å². The first-order valence-corrected chi connectivity index (χ1v) is 8.10.